The van der Waals surface area contributed by atoms with Crippen molar-refractivity contribution < 1.29 is 14.4 Å². The second kappa shape index (κ2) is 5.37. The van der Waals surface area contributed by atoms with Crippen molar-refractivity contribution in [2.75, 3.05) is 5.06 Å². The highest BCUT2D eigenvalue weighted by Gasteiger charge is 2.56. The summed E-state index contributed by atoms with van der Waals surface area (Å²) in [5.74, 6) is -1.26. The molecule has 0 spiro atoms. The average Bonchev–Trinajstić information content (AvgIpc) is 3.08. The topological polar surface area (TPSA) is 58.6 Å². The van der Waals surface area contributed by atoms with E-state index in [1.165, 1.54) is 0 Å². The molecule has 3 atom stereocenters. The Labute approximate surface area is 137 Å². The summed E-state index contributed by atoms with van der Waals surface area (Å²) in [4.78, 5) is 30.0. The van der Waals surface area contributed by atoms with Crippen molar-refractivity contribution >= 4 is 29.1 Å². The van der Waals surface area contributed by atoms with Crippen LogP contribution in [0.25, 0.3) is 0 Å². The fraction of sp³-hybridized carbons (Fsp3) is 0.176. The van der Waals surface area contributed by atoms with Crippen molar-refractivity contribution in [3.63, 3.8) is 0 Å². The summed E-state index contributed by atoms with van der Waals surface area (Å²) >= 11 is 5.94. The van der Waals surface area contributed by atoms with Gasteiger partial charge in [-0.1, -0.05) is 41.9 Å². The van der Waals surface area contributed by atoms with Gasteiger partial charge in [-0.05, 0) is 29.8 Å². The number of hydrogen-bond donors (Lipinski definition) is 1. The summed E-state index contributed by atoms with van der Waals surface area (Å²) in [5.41, 5.74) is 1.66. The first-order valence-corrected chi connectivity index (χ1v) is 7.64. The van der Waals surface area contributed by atoms with E-state index in [4.69, 9.17) is 16.4 Å². The van der Waals surface area contributed by atoms with E-state index in [1.807, 2.05) is 42.5 Å². The third kappa shape index (κ3) is 2.29. The lowest BCUT2D eigenvalue weighted by Gasteiger charge is -2.27. The third-order valence-corrected chi connectivity index (χ3v) is 4.43. The summed E-state index contributed by atoms with van der Waals surface area (Å²) in [5, 5.41) is 4.60. The highest BCUT2D eigenvalue weighted by Crippen LogP contribution is 2.44. The maximum absolute atomic E-state index is 12.2. The fourth-order valence-corrected chi connectivity index (χ4v) is 3.26. The van der Waals surface area contributed by atoms with Crippen molar-refractivity contribution in [1.29, 1.82) is 0 Å². The lowest BCUT2D eigenvalue weighted by atomic mass is 9.91. The van der Waals surface area contributed by atoms with Crippen LogP contribution in [0.4, 0.5) is 5.69 Å². The minimum Gasteiger partial charge on any atom is -0.294 e. The summed E-state index contributed by atoms with van der Waals surface area (Å²) in [6.45, 7) is 0. The monoisotopic (exact) mass is 328 g/mol. The quantitative estimate of drug-likeness (QED) is 0.860. The second-order valence-electron chi connectivity index (χ2n) is 5.56. The molecule has 116 valence electrons. The number of imide groups is 1. The molecule has 2 fully saturated rings. The maximum atomic E-state index is 12.2. The SMILES string of the molecule is O=C1NC(=O)C2C1ON(c1ccc(Cl)cc1)C2c1ccccc1. The van der Waals surface area contributed by atoms with Gasteiger partial charge in [0.1, 0.15) is 5.92 Å². The van der Waals surface area contributed by atoms with Gasteiger partial charge in [0.2, 0.25) is 5.91 Å². The van der Waals surface area contributed by atoms with E-state index >= 15 is 0 Å². The Balaban J connectivity index is 1.80. The van der Waals surface area contributed by atoms with Gasteiger partial charge < -0.3 is 0 Å². The number of rotatable bonds is 2. The van der Waals surface area contributed by atoms with E-state index < -0.39 is 17.9 Å². The van der Waals surface area contributed by atoms with Gasteiger partial charge in [0.15, 0.2) is 6.10 Å². The van der Waals surface area contributed by atoms with Crippen LogP contribution in [-0.2, 0) is 14.4 Å². The molecule has 1 N–H and O–H groups in total. The fourth-order valence-electron chi connectivity index (χ4n) is 3.14. The van der Waals surface area contributed by atoms with E-state index in [0.29, 0.717) is 5.02 Å². The zero-order valence-electron chi connectivity index (χ0n) is 12.0. The molecule has 2 heterocycles. The number of nitrogens with zero attached hydrogens (tertiary/aromatic N) is 1. The minimum atomic E-state index is -0.802. The number of anilines is 1. The highest BCUT2D eigenvalue weighted by molar-refractivity contribution is 6.30. The van der Waals surface area contributed by atoms with Crippen molar-refractivity contribution in [2.45, 2.75) is 12.1 Å². The van der Waals surface area contributed by atoms with Crippen LogP contribution in [0, 0.1) is 5.92 Å². The standard InChI is InChI=1S/C17H13ClN2O3/c18-11-6-8-12(9-7-11)20-14(10-4-2-1-3-5-10)13-15(23-20)17(22)19-16(13)21/h1-9,13-15H,(H,19,21,22). The van der Waals surface area contributed by atoms with E-state index in [0.717, 1.165) is 11.3 Å². The second-order valence-corrected chi connectivity index (χ2v) is 6.00. The summed E-state index contributed by atoms with van der Waals surface area (Å²) in [6.07, 6.45) is -0.802. The largest absolute Gasteiger partial charge is 0.294 e. The van der Waals surface area contributed by atoms with Crippen LogP contribution in [0.1, 0.15) is 11.6 Å². The van der Waals surface area contributed by atoms with E-state index in [-0.39, 0.29) is 11.9 Å². The molecule has 2 amide bonds. The zero-order chi connectivity index (χ0) is 16.0. The molecule has 0 aromatic heterocycles. The molecule has 5 nitrogen and oxygen atoms in total. The molecule has 2 aliphatic heterocycles. The van der Waals surface area contributed by atoms with Gasteiger partial charge in [-0.25, -0.2) is 5.06 Å². The molecular formula is C17H13ClN2O3. The molecule has 4 rings (SSSR count). The van der Waals surface area contributed by atoms with Crippen LogP contribution < -0.4 is 10.4 Å². The molecule has 23 heavy (non-hydrogen) atoms. The number of halogens is 1. The number of carbonyl (C=O) groups excluding carboxylic acids is 2. The van der Waals surface area contributed by atoms with Gasteiger partial charge in [0, 0.05) is 5.02 Å². The van der Waals surface area contributed by atoms with Gasteiger partial charge in [-0.15, -0.1) is 0 Å². The Hall–Kier alpha value is -2.37. The van der Waals surface area contributed by atoms with Crippen LogP contribution in [0.2, 0.25) is 5.02 Å². The third-order valence-electron chi connectivity index (χ3n) is 4.18. The molecular weight excluding hydrogens is 316 g/mol. The Morgan fingerprint density at radius 1 is 0.957 bits per heavy atom. The normalized spacial score (nSPS) is 26.3. The van der Waals surface area contributed by atoms with Crippen molar-refractivity contribution in [3.8, 4) is 0 Å². The first-order valence-electron chi connectivity index (χ1n) is 7.26. The summed E-state index contributed by atoms with van der Waals surface area (Å²) in [6, 6.07) is 16.3. The molecule has 3 unspecified atom stereocenters. The molecule has 0 radical (unpaired) electrons. The average molecular weight is 329 g/mol. The summed E-state index contributed by atoms with van der Waals surface area (Å²) in [7, 11) is 0. The van der Waals surface area contributed by atoms with Crippen LogP contribution >= 0.6 is 11.6 Å². The first kappa shape index (κ1) is 14.2. The smallest absolute Gasteiger partial charge is 0.259 e. The molecule has 2 saturated heterocycles. The van der Waals surface area contributed by atoms with E-state index in [1.54, 1.807) is 17.2 Å². The lowest BCUT2D eigenvalue weighted by molar-refractivity contribution is -0.129. The summed E-state index contributed by atoms with van der Waals surface area (Å²) < 4.78 is 0. The number of hydroxylamine groups is 1. The highest BCUT2D eigenvalue weighted by atomic mass is 35.5. The number of benzene rings is 2. The Morgan fingerprint density at radius 3 is 2.35 bits per heavy atom. The number of fused-ring (bicyclic) bond motifs is 1. The van der Waals surface area contributed by atoms with Crippen LogP contribution in [0.5, 0.6) is 0 Å². The number of carbonyl (C=O) groups is 2. The van der Waals surface area contributed by atoms with Crippen LogP contribution in [0.3, 0.4) is 0 Å². The zero-order valence-corrected chi connectivity index (χ0v) is 12.7. The Bertz CT molecular complexity index is 763. The van der Waals surface area contributed by atoms with Crippen molar-refractivity contribution in [3.05, 3.63) is 65.2 Å². The molecule has 2 aromatic rings. The molecule has 0 saturated carbocycles. The predicted octanol–water partition coefficient (Wildman–Crippen LogP) is 2.47. The van der Waals surface area contributed by atoms with Crippen LogP contribution in [0.15, 0.2) is 54.6 Å². The van der Waals surface area contributed by atoms with Gasteiger partial charge in [-0.2, -0.15) is 0 Å². The van der Waals surface area contributed by atoms with Crippen molar-refractivity contribution in [1.82, 2.24) is 5.32 Å². The molecule has 2 aliphatic rings. The number of nitrogens with one attached hydrogen (secondary N) is 1. The predicted molar refractivity (Wildman–Crippen MR) is 84.6 cm³/mol. The van der Waals surface area contributed by atoms with E-state index in [2.05, 4.69) is 5.32 Å². The van der Waals surface area contributed by atoms with Gasteiger partial charge >= 0.3 is 0 Å². The minimum absolute atomic E-state index is 0.301. The Kier molecular flexibility index (Phi) is 3.32. The molecule has 6 heteroatoms. The van der Waals surface area contributed by atoms with Gasteiger partial charge in [0.25, 0.3) is 5.91 Å². The number of hydrogen-bond acceptors (Lipinski definition) is 4. The molecule has 0 bridgehead atoms. The number of amides is 2. The maximum Gasteiger partial charge on any atom is 0.259 e. The van der Waals surface area contributed by atoms with Crippen LogP contribution in [-0.4, -0.2) is 17.9 Å². The molecule has 2 aromatic carbocycles. The Morgan fingerprint density at radius 2 is 1.65 bits per heavy atom. The van der Waals surface area contributed by atoms with E-state index in [9.17, 15) is 9.59 Å². The molecule has 0 aliphatic carbocycles. The van der Waals surface area contributed by atoms with Crippen molar-refractivity contribution in [2.24, 2.45) is 5.92 Å². The van der Waals surface area contributed by atoms with Gasteiger partial charge in [0.05, 0.1) is 11.7 Å². The van der Waals surface area contributed by atoms with Gasteiger partial charge in [-0.3, -0.25) is 19.7 Å². The lowest BCUT2D eigenvalue weighted by Crippen LogP contribution is -2.33. The first-order chi connectivity index (χ1) is 11.1.